The summed E-state index contributed by atoms with van der Waals surface area (Å²) in [5.74, 6) is 0.436. The van der Waals surface area contributed by atoms with Gasteiger partial charge in [-0.15, -0.1) is 0 Å². The Morgan fingerprint density at radius 3 is 2.95 bits per heavy atom. The highest BCUT2D eigenvalue weighted by Gasteiger charge is 2.04. The summed E-state index contributed by atoms with van der Waals surface area (Å²) in [4.78, 5) is 18.5. The van der Waals surface area contributed by atoms with Gasteiger partial charge in [0.1, 0.15) is 0 Å². The van der Waals surface area contributed by atoms with Crippen molar-refractivity contribution in [2.24, 2.45) is 0 Å². The van der Waals surface area contributed by atoms with E-state index < -0.39 is 0 Å². The van der Waals surface area contributed by atoms with Crippen LogP contribution in [-0.4, -0.2) is 22.3 Å². The van der Waals surface area contributed by atoms with E-state index in [9.17, 15) is 9.18 Å². The number of benzene rings is 1. The average Bonchev–Trinajstić information content (AvgIpc) is 2.45. The number of ether oxygens (including phenoxy) is 1. The molecule has 0 amide bonds. The number of thioether (sulfide) groups is 1. The molecular weight excluding hydrogens is 291 g/mol. The molecule has 1 N–H and O–H groups in total. The third-order valence-corrected chi connectivity index (χ3v) is 3.53. The van der Waals surface area contributed by atoms with E-state index in [1.54, 1.807) is 18.2 Å². The second kappa shape index (κ2) is 7.83. The van der Waals surface area contributed by atoms with Crippen molar-refractivity contribution >= 4 is 11.8 Å². The van der Waals surface area contributed by atoms with E-state index in [0.29, 0.717) is 17.5 Å². The van der Waals surface area contributed by atoms with Crippen LogP contribution in [0.4, 0.5) is 4.39 Å². The van der Waals surface area contributed by atoms with Crippen LogP contribution in [0.1, 0.15) is 19.0 Å². The van der Waals surface area contributed by atoms with E-state index in [1.165, 1.54) is 23.9 Å². The number of aromatic nitrogens is 2. The Balaban J connectivity index is 1.86. The minimum atomic E-state index is -0.376. The lowest BCUT2D eigenvalue weighted by Crippen LogP contribution is -2.11. The summed E-state index contributed by atoms with van der Waals surface area (Å²) in [5, 5.41) is 0.572. The molecule has 0 spiro atoms. The molecule has 1 heterocycles. The third-order valence-electron chi connectivity index (χ3n) is 2.70. The molecule has 0 aliphatic heterocycles. The lowest BCUT2D eigenvalue weighted by atomic mass is 10.2. The number of aromatic amines is 1. The topological polar surface area (TPSA) is 55.0 Å². The number of aryl methyl sites for hydroxylation is 1. The second-order valence-corrected chi connectivity index (χ2v) is 5.50. The number of hydrogen-bond acceptors (Lipinski definition) is 4. The molecule has 6 heteroatoms. The van der Waals surface area contributed by atoms with E-state index in [4.69, 9.17) is 4.74 Å². The zero-order chi connectivity index (χ0) is 15.1. The monoisotopic (exact) mass is 308 g/mol. The van der Waals surface area contributed by atoms with Crippen molar-refractivity contribution in [3.05, 3.63) is 52.2 Å². The van der Waals surface area contributed by atoms with Gasteiger partial charge in [0.05, 0.1) is 6.61 Å². The fourth-order valence-corrected chi connectivity index (χ4v) is 2.50. The Morgan fingerprint density at radius 2 is 2.19 bits per heavy atom. The van der Waals surface area contributed by atoms with Gasteiger partial charge in [0.25, 0.3) is 5.56 Å². The third kappa shape index (κ3) is 4.90. The van der Waals surface area contributed by atoms with E-state index in [-0.39, 0.29) is 17.1 Å². The van der Waals surface area contributed by atoms with Crippen LogP contribution in [0.5, 0.6) is 5.75 Å². The Hall–Kier alpha value is -1.82. The van der Waals surface area contributed by atoms with Crippen molar-refractivity contribution in [1.82, 2.24) is 9.97 Å². The molecule has 2 aromatic rings. The van der Waals surface area contributed by atoms with Gasteiger partial charge >= 0.3 is 0 Å². The molecule has 0 aliphatic rings. The number of nitrogens with zero attached hydrogens (tertiary/aromatic N) is 1. The molecule has 0 unspecified atom stereocenters. The van der Waals surface area contributed by atoms with Crippen molar-refractivity contribution in [3.8, 4) is 5.75 Å². The number of nitrogens with one attached hydrogen (secondary N) is 1. The Bertz CT molecular complexity index is 646. The van der Waals surface area contributed by atoms with Crippen molar-refractivity contribution in [2.45, 2.75) is 24.9 Å². The van der Waals surface area contributed by atoms with Crippen molar-refractivity contribution in [1.29, 1.82) is 0 Å². The smallest absolute Gasteiger partial charge is 0.251 e. The maximum Gasteiger partial charge on any atom is 0.251 e. The first-order valence-corrected chi connectivity index (χ1v) is 7.78. The van der Waals surface area contributed by atoms with Gasteiger partial charge in [0, 0.05) is 17.5 Å². The van der Waals surface area contributed by atoms with Gasteiger partial charge in [0.2, 0.25) is 0 Å². The molecule has 0 bridgehead atoms. The number of H-pyrrole nitrogens is 1. The summed E-state index contributed by atoms with van der Waals surface area (Å²) >= 11 is 1.39. The largest absolute Gasteiger partial charge is 0.490 e. The Labute approximate surface area is 126 Å². The molecule has 21 heavy (non-hydrogen) atoms. The molecule has 4 nitrogen and oxygen atoms in total. The minimum absolute atomic E-state index is 0.147. The van der Waals surface area contributed by atoms with Gasteiger partial charge in [0.15, 0.2) is 16.7 Å². The maximum absolute atomic E-state index is 13.3. The van der Waals surface area contributed by atoms with E-state index in [1.807, 2.05) is 6.92 Å². The van der Waals surface area contributed by atoms with Crippen LogP contribution in [0, 0.1) is 5.82 Å². The van der Waals surface area contributed by atoms with Gasteiger partial charge in [-0.05, 0) is 18.6 Å². The number of halogens is 1. The lowest BCUT2D eigenvalue weighted by molar-refractivity contribution is 0.325. The summed E-state index contributed by atoms with van der Waals surface area (Å²) in [6, 6.07) is 7.80. The Kier molecular flexibility index (Phi) is 5.80. The molecule has 1 aromatic heterocycles. The fourth-order valence-electron chi connectivity index (χ4n) is 1.79. The predicted octanol–water partition coefficient (Wildman–Crippen LogP) is 3.03. The molecule has 0 saturated carbocycles. The van der Waals surface area contributed by atoms with Crippen molar-refractivity contribution in [2.75, 3.05) is 12.4 Å². The normalized spacial score (nSPS) is 10.6. The van der Waals surface area contributed by atoms with E-state index >= 15 is 0 Å². The standard InChI is InChI=1S/C15H17FN2O2S/c1-2-5-11-10-14(19)18-15(17-11)21-9-8-20-13-7-4-3-6-12(13)16/h3-4,6-7,10H,2,5,8-9H2,1H3,(H,17,18,19). The van der Waals surface area contributed by atoms with Crippen molar-refractivity contribution < 1.29 is 9.13 Å². The van der Waals surface area contributed by atoms with Crippen LogP contribution < -0.4 is 10.3 Å². The summed E-state index contributed by atoms with van der Waals surface area (Å²) in [6.45, 7) is 2.38. The minimum Gasteiger partial charge on any atom is -0.490 e. The molecule has 0 saturated heterocycles. The van der Waals surface area contributed by atoms with Crippen LogP contribution in [0.3, 0.4) is 0 Å². The first-order chi connectivity index (χ1) is 10.2. The highest BCUT2D eigenvalue weighted by Crippen LogP contribution is 2.17. The van der Waals surface area contributed by atoms with Crippen LogP contribution in [0.15, 0.2) is 40.3 Å². The van der Waals surface area contributed by atoms with Gasteiger partial charge in [-0.3, -0.25) is 4.79 Å². The van der Waals surface area contributed by atoms with Crippen LogP contribution in [-0.2, 0) is 6.42 Å². The molecule has 2 rings (SSSR count). The van der Waals surface area contributed by atoms with Gasteiger partial charge in [-0.25, -0.2) is 9.37 Å². The first kappa shape index (κ1) is 15.6. The molecule has 112 valence electrons. The first-order valence-electron chi connectivity index (χ1n) is 6.79. The molecular formula is C15H17FN2O2S. The highest BCUT2D eigenvalue weighted by molar-refractivity contribution is 7.99. The van der Waals surface area contributed by atoms with Gasteiger partial charge < -0.3 is 9.72 Å². The lowest BCUT2D eigenvalue weighted by Gasteiger charge is -2.07. The van der Waals surface area contributed by atoms with Gasteiger partial charge in [-0.1, -0.05) is 37.2 Å². The van der Waals surface area contributed by atoms with Crippen LogP contribution in [0.25, 0.3) is 0 Å². The summed E-state index contributed by atoms with van der Waals surface area (Å²) < 4.78 is 18.7. The molecule has 1 aromatic carbocycles. The number of rotatable bonds is 7. The molecule has 0 atom stereocenters. The fraction of sp³-hybridized carbons (Fsp3) is 0.333. The predicted molar refractivity (Wildman–Crippen MR) is 81.5 cm³/mol. The highest BCUT2D eigenvalue weighted by atomic mass is 32.2. The van der Waals surface area contributed by atoms with E-state index in [2.05, 4.69) is 9.97 Å². The molecule has 0 radical (unpaired) electrons. The van der Waals surface area contributed by atoms with Crippen LogP contribution >= 0.6 is 11.8 Å². The second-order valence-electron chi connectivity index (χ2n) is 4.42. The zero-order valence-electron chi connectivity index (χ0n) is 11.8. The number of para-hydroxylation sites is 1. The summed E-state index contributed by atoms with van der Waals surface area (Å²) in [5.41, 5.74) is 0.643. The van der Waals surface area contributed by atoms with Crippen molar-refractivity contribution in [3.63, 3.8) is 0 Å². The summed E-state index contributed by atoms with van der Waals surface area (Å²) in [7, 11) is 0. The number of hydrogen-bond donors (Lipinski definition) is 1. The quantitative estimate of drug-likeness (QED) is 0.485. The summed E-state index contributed by atoms with van der Waals surface area (Å²) in [6.07, 6.45) is 1.72. The van der Waals surface area contributed by atoms with E-state index in [0.717, 1.165) is 18.5 Å². The van der Waals surface area contributed by atoms with Crippen LogP contribution in [0.2, 0.25) is 0 Å². The zero-order valence-corrected chi connectivity index (χ0v) is 12.6. The van der Waals surface area contributed by atoms with Gasteiger partial charge in [-0.2, -0.15) is 0 Å². The molecule has 0 aliphatic carbocycles. The average molecular weight is 308 g/mol. The SMILES string of the molecule is CCCc1cc(=O)[nH]c(SCCOc2ccccc2F)n1. The Morgan fingerprint density at radius 1 is 1.38 bits per heavy atom. The maximum atomic E-state index is 13.3. The molecule has 0 fully saturated rings.